The molecule has 4 rings (SSSR count). The molecule has 0 spiro atoms. The lowest BCUT2D eigenvalue weighted by atomic mass is 9.69. The molecule has 0 unspecified atom stereocenters. The molecular weight excluding hydrogens is 314 g/mol. The smallest absolute Gasteiger partial charge is 0.308 e. The number of rotatable bonds is 3. The second-order valence-corrected chi connectivity index (χ2v) is 6.99. The quantitative estimate of drug-likeness (QED) is 0.874. The summed E-state index contributed by atoms with van der Waals surface area (Å²) in [5.41, 5.74) is 2.81. The highest BCUT2D eigenvalue weighted by Crippen LogP contribution is 2.49. The first kappa shape index (κ1) is 16.2. The Kier molecular flexibility index (Phi) is 4.01. The molecule has 1 N–H and O–H groups in total. The maximum Gasteiger partial charge on any atom is 0.308 e. The number of benzene rings is 1. The van der Waals surface area contributed by atoms with Gasteiger partial charge in [0, 0.05) is 23.1 Å². The number of nitrogens with zero attached hydrogens (tertiary/aromatic N) is 2. The molecule has 0 aliphatic carbocycles. The lowest BCUT2D eigenvalue weighted by Crippen LogP contribution is -2.58. The highest BCUT2D eigenvalue weighted by atomic mass is 16.5. The molecule has 130 valence electrons. The Balaban J connectivity index is 1.92. The van der Waals surface area contributed by atoms with E-state index in [0.717, 1.165) is 43.6 Å². The van der Waals surface area contributed by atoms with E-state index in [1.165, 1.54) is 10.9 Å². The van der Waals surface area contributed by atoms with Crippen molar-refractivity contribution in [3.05, 3.63) is 35.5 Å². The van der Waals surface area contributed by atoms with E-state index in [4.69, 9.17) is 4.74 Å². The fourth-order valence-corrected chi connectivity index (χ4v) is 4.79. The average Bonchev–Trinajstić information content (AvgIpc) is 3.01. The summed E-state index contributed by atoms with van der Waals surface area (Å²) in [4.78, 5) is 18.4. The van der Waals surface area contributed by atoms with Crippen LogP contribution in [0.15, 0.2) is 24.3 Å². The average molecular weight is 337 g/mol. The van der Waals surface area contributed by atoms with Crippen LogP contribution in [0.4, 0.5) is 0 Å². The van der Waals surface area contributed by atoms with Gasteiger partial charge in [0.25, 0.3) is 0 Å². The Labute approximate surface area is 147 Å². The Morgan fingerprint density at radius 1 is 1.44 bits per heavy atom. The van der Waals surface area contributed by atoms with Gasteiger partial charge in [-0.1, -0.05) is 18.2 Å². The number of fused-ring (bicyclic) bond motifs is 5. The van der Waals surface area contributed by atoms with Gasteiger partial charge in [0.2, 0.25) is 0 Å². The van der Waals surface area contributed by atoms with Crippen LogP contribution in [0.25, 0.3) is 10.9 Å². The molecule has 2 aliphatic rings. The number of hydrogen-bond donors (Lipinski definition) is 1. The van der Waals surface area contributed by atoms with E-state index in [9.17, 15) is 10.1 Å². The maximum atomic E-state index is 12.5. The summed E-state index contributed by atoms with van der Waals surface area (Å²) in [5.74, 6) is -0.432. The van der Waals surface area contributed by atoms with Crippen molar-refractivity contribution in [3.8, 4) is 6.07 Å². The van der Waals surface area contributed by atoms with Crippen LogP contribution in [0.1, 0.15) is 37.4 Å². The standard InChI is InChI=1S/C20H23N3O2/c1-2-25-18(24)12-20-14(13-21)6-5-10-23(20)11-9-16-15-7-3-4-8-17(15)22-19(16)20/h3-4,7-8,14,22H,2,5-6,9-12H2,1H3/t14-,20+/m1/s1. The number of H-pyrrole nitrogens is 1. The van der Waals surface area contributed by atoms with Crippen molar-refractivity contribution in [2.24, 2.45) is 5.92 Å². The molecule has 0 amide bonds. The summed E-state index contributed by atoms with van der Waals surface area (Å²) >= 11 is 0. The summed E-state index contributed by atoms with van der Waals surface area (Å²) < 4.78 is 5.28. The minimum Gasteiger partial charge on any atom is -0.466 e. The topological polar surface area (TPSA) is 69.1 Å². The summed E-state index contributed by atoms with van der Waals surface area (Å²) in [6, 6.07) is 10.8. The Morgan fingerprint density at radius 2 is 2.28 bits per heavy atom. The van der Waals surface area contributed by atoms with Crippen molar-refractivity contribution in [1.82, 2.24) is 9.88 Å². The molecule has 0 bridgehead atoms. The van der Waals surface area contributed by atoms with Crippen molar-refractivity contribution in [2.45, 2.75) is 38.1 Å². The zero-order valence-electron chi connectivity index (χ0n) is 14.5. The first-order valence-electron chi connectivity index (χ1n) is 9.11. The number of aromatic nitrogens is 1. The molecule has 3 heterocycles. The van der Waals surface area contributed by atoms with Crippen LogP contribution in [-0.2, 0) is 21.5 Å². The summed E-state index contributed by atoms with van der Waals surface area (Å²) in [6.07, 6.45) is 3.00. The van der Waals surface area contributed by atoms with E-state index in [-0.39, 0.29) is 18.3 Å². The minimum absolute atomic E-state index is 0.210. The van der Waals surface area contributed by atoms with Crippen molar-refractivity contribution < 1.29 is 9.53 Å². The van der Waals surface area contributed by atoms with Gasteiger partial charge >= 0.3 is 5.97 Å². The van der Waals surface area contributed by atoms with Crippen molar-refractivity contribution in [2.75, 3.05) is 19.7 Å². The Hall–Kier alpha value is -2.32. The van der Waals surface area contributed by atoms with Gasteiger partial charge in [0.05, 0.1) is 30.6 Å². The van der Waals surface area contributed by atoms with Crippen molar-refractivity contribution in [3.63, 3.8) is 0 Å². The Bertz CT molecular complexity index is 850. The van der Waals surface area contributed by atoms with Gasteiger partial charge in [-0.3, -0.25) is 9.69 Å². The van der Waals surface area contributed by atoms with Gasteiger partial charge in [0.1, 0.15) is 0 Å². The third-order valence-electron chi connectivity index (χ3n) is 5.81. The predicted molar refractivity (Wildman–Crippen MR) is 94.8 cm³/mol. The molecule has 5 heteroatoms. The number of esters is 1. The second kappa shape index (κ2) is 6.20. The third-order valence-corrected chi connectivity index (χ3v) is 5.81. The SMILES string of the molecule is CCOC(=O)C[C@]12c3[nH]c4ccccc4c3CCN1CCC[C@@H]2C#N. The van der Waals surface area contributed by atoms with E-state index in [1.54, 1.807) is 0 Å². The lowest BCUT2D eigenvalue weighted by molar-refractivity contribution is -0.149. The summed E-state index contributed by atoms with van der Waals surface area (Å²) in [5, 5.41) is 11.1. The molecular formula is C20H23N3O2. The zero-order valence-corrected chi connectivity index (χ0v) is 14.5. The van der Waals surface area contributed by atoms with Gasteiger partial charge in [-0.05, 0) is 44.4 Å². The number of para-hydroxylation sites is 1. The van der Waals surface area contributed by atoms with Crippen molar-refractivity contribution >= 4 is 16.9 Å². The second-order valence-electron chi connectivity index (χ2n) is 6.99. The van der Waals surface area contributed by atoms with Crippen molar-refractivity contribution in [1.29, 1.82) is 5.26 Å². The first-order chi connectivity index (χ1) is 12.2. The number of aromatic amines is 1. The molecule has 1 saturated heterocycles. The van der Waals surface area contributed by atoms with E-state index < -0.39 is 5.54 Å². The highest BCUT2D eigenvalue weighted by molar-refractivity contribution is 5.86. The number of nitriles is 1. The monoisotopic (exact) mass is 337 g/mol. The third kappa shape index (κ3) is 2.36. The fourth-order valence-electron chi connectivity index (χ4n) is 4.79. The molecule has 5 nitrogen and oxygen atoms in total. The molecule has 1 aromatic heterocycles. The number of hydrogen-bond acceptors (Lipinski definition) is 4. The van der Waals surface area contributed by atoms with Gasteiger partial charge in [0.15, 0.2) is 0 Å². The molecule has 0 radical (unpaired) electrons. The van der Waals surface area contributed by atoms with Crippen LogP contribution in [-0.4, -0.2) is 35.5 Å². The predicted octanol–water partition coefficient (Wildman–Crippen LogP) is 3.11. The number of carbonyl (C=O) groups is 1. The van der Waals surface area contributed by atoms with E-state index >= 15 is 0 Å². The summed E-state index contributed by atoms with van der Waals surface area (Å²) in [7, 11) is 0. The first-order valence-corrected chi connectivity index (χ1v) is 9.11. The molecule has 2 aliphatic heterocycles. The van der Waals surface area contributed by atoms with E-state index in [1.807, 2.05) is 19.1 Å². The number of ether oxygens (including phenoxy) is 1. The van der Waals surface area contributed by atoms with Gasteiger partial charge in [-0.2, -0.15) is 5.26 Å². The van der Waals surface area contributed by atoms with Crippen LogP contribution in [0, 0.1) is 17.2 Å². The molecule has 25 heavy (non-hydrogen) atoms. The van der Waals surface area contributed by atoms with Gasteiger partial charge < -0.3 is 9.72 Å². The molecule has 1 aromatic carbocycles. The summed E-state index contributed by atoms with van der Waals surface area (Å²) in [6.45, 7) is 4.00. The molecule has 0 saturated carbocycles. The van der Waals surface area contributed by atoms with Gasteiger partial charge in [-0.15, -0.1) is 0 Å². The van der Waals surface area contributed by atoms with Crippen LogP contribution < -0.4 is 0 Å². The molecule has 1 fully saturated rings. The van der Waals surface area contributed by atoms with Crippen LogP contribution >= 0.6 is 0 Å². The number of carbonyl (C=O) groups excluding carboxylic acids is 1. The van der Waals surface area contributed by atoms with E-state index in [2.05, 4.69) is 28.1 Å². The van der Waals surface area contributed by atoms with E-state index in [0.29, 0.717) is 6.61 Å². The number of nitrogens with one attached hydrogen (secondary N) is 1. The van der Waals surface area contributed by atoms with Crippen LogP contribution in [0.5, 0.6) is 0 Å². The van der Waals surface area contributed by atoms with Crippen LogP contribution in [0.3, 0.4) is 0 Å². The fraction of sp³-hybridized carbons (Fsp3) is 0.500. The maximum absolute atomic E-state index is 12.5. The zero-order chi connectivity index (χ0) is 17.4. The molecule has 2 aromatic rings. The molecule has 2 atom stereocenters. The normalized spacial score (nSPS) is 25.8. The highest BCUT2D eigenvalue weighted by Gasteiger charge is 2.53. The van der Waals surface area contributed by atoms with Gasteiger partial charge in [-0.25, -0.2) is 0 Å². The lowest BCUT2D eigenvalue weighted by Gasteiger charge is -2.52. The minimum atomic E-state index is -0.591. The Morgan fingerprint density at radius 3 is 3.08 bits per heavy atom. The largest absolute Gasteiger partial charge is 0.466 e. The number of piperidine rings is 1. The van der Waals surface area contributed by atoms with Crippen LogP contribution in [0.2, 0.25) is 0 Å².